The van der Waals surface area contributed by atoms with Gasteiger partial charge in [0.15, 0.2) is 4.34 Å². The highest BCUT2D eigenvalue weighted by atomic mass is 32.2. The van der Waals surface area contributed by atoms with E-state index in [9.17, 15) is 4.79 Å². The first-order valence-electron chi connectivity index (χ1n) is 8.75. The molecule has 0 radical (unpaired) electrons. The lowest BCUT2D eigenvalue weighted by molar-refractivity contribution is -0.115. The minimum absolute atomic E-state index is 0.0361. The van der Waals surface area contributed by atoms with Crippen molar-refractivity contribution in [2.45, 2.75) is 49.3 Å². The molecule has 3 rings (SSSR count). The number of nitrogens with one attached hydrogen (secondary N) is 2. The second-order valence-corrected chi connectivity index (χ2v) is 9.02. The van der Waals surface area contributed by atoms with Crippen molar-refractivity contribution < 1.29 is 9.53 Å². The van der Waals surface area contributed by atoms with Gasteiger partial charge in [-0.15, -0.1) is 10.2 Å². The van der Waals surface area contributed by atoms with E-state index in [1.165, 1.54) is 28.7 Å². The molecule has 1 aliphatic rings. The highest BCUT2D eigenvalue weighted by Gasteiger charge is 2.19. The van der Waals surface area contributed by atoms with Crippen molar-refractivity contribution in [3.8, 4) is 0 Å². The second kappa shape index (κ2) is 8.83. The number of ether oxygens (including phenoxy) is 1. The maximum Gasteiger partial charge on any atom is 0.237 e. The quantitative estimate of drug-likeness (QED) is 0.697. The predicted octanol–water partition coefficient (Wildman–Crippen LogP) is 3.87. The third-order valence-electron chi connectivity index (χ3n) is 4.20. The molecule has 0 spiro atoms. The number of rotatable bonds is 7. The Morgan fingerprint density at radius 3 is 3.00 bits per heavy atom. The van der Waals surface area contributed by atoms with E-state index < -0.39 is 0 Å². The Morgan fingerprint density at radius 1 is 1.42 bits per heavy atom. The van der Waals surface area contributed by atoms with Gasteiger partial charge in [-0.25, -0.2) is 0 Å². The van der Waals surface area contributed by atoms with Crippen LogP contribution in [0.5, 0.6) is 0 Å². The van der Waals surface area contributed by atoms with Gasteiger partial charge in [0.1, 0.15) is 0 Å². The lowest BCUT2D eigenvalue weighted by Crippen LogP contribution is -2.22. The monoisotopic (exact) mass is 392 g/mol. The van der Waals surface area contributed by atoms with Crippen LogP contribution in [0, 0.1) is 13.8 Å². The molecule has 0 aliphatic carbocycles. The van der Waals surface area contributed by atoms with Crippen LogP contribution in [0.15, 0.2) is 22.5 Å². The fourth-order valence-corrected chi connectivity index (χ4v) is 4.63. The summed E-state index contributed by atoms with van der Waals surface area (Å²) in [5.74, 6) is -0.0361. The van der Waals surface area contributed by atoms with Crippen LogP contribution in [0.4, 0.5) is 10.8 Å². The van der Waals surface area contributed by atoms with E-state index in [4.69, 9.17) is 4.74 Å². The molecule has 1 amide bonds. The summed E-state index contributed by atoms with van der Waals surface area (Å²) in [6.45, 7) is 7.51. The van der Waals surface area contributed by atoms with E-state index in [-0.39, 0.29) is 17.3 Å². The Balaban J connectivity index is 1.50. The third-order valence-corrected chi connectivity index (χ3v) is 6.26. The lowest BCUT2D eigenvalue weighted by Gasteiger charge is -2.12. The van der Waals surface area contributed by atoms with Gasteiger partial charge in [0, 0.05) is 18.8 Å². The van der Waals surface area contributed by atoms with Crippen molar-refractivity contribution in [3.63, 3.8) is 0 Å². The molecule has 1 aliphatic heterocycles. The van der Waals surface area contributed by atoms with Gasteiger partial charge in [0.25, 0.3) is 0 Å². The Bertz CT molecular complexity index is 759. The van der Waals surface area contributed by atoms with Crippen molar-refractivity contribution in [1.82, 2.24) is 10.2 Å². The molecule has 1 saturated heterocycles. The molecule has 0 saturated carbocycles. The molecule has 2 aromatic rings. The molecule has 1 aromatic heterocycles. The third kappa shape index (κ3) is 5.18. The molecule has 2 heterocycles. The van der Waals surface area contributed by atoms with Crippen molar-refractivity contribution in [2.75, 3.05) is 23.8 Å². The Kier molecular flexibility index (Phi) is 6.50. The number of carbonyl (C=O) groups excluding carboxylic acids is 1. The van der Waals surface area contributed by atoms with Crippen molar-refractivity contribution in [3.05, 3.63) is 29.3 Å². The SMILES string of the molecule is Cc1ccc(NC(=O)C(C)Sc2nnc(NCC3CCCO3)s2)c(C)c1. The fourth-order valence-electron chi connectivity index (χ4n) is 2.73. The number of benzene rings is 1. The smallest absolute Gasteiger partial charge is 0.237 e. The number of nitrogens with zero attached hydrogens (tertiary/aromatic N) is 2. The Labute approximate surface area is 162 Å². The van der Waals surface area contributed by atoms with E-state index in [0.29, 0.717) is 0 Å². The highest BCUT2D eigenvalue weighted by Crippen LogP contribution is 2.30. The molecule has 2 atom stereocenters. The van der Waals surface area contributed by atoms with E-state index in [1.807, 2.05) is 32.9 Å². The molecule has 6 nitrogen and oxygen atoms in total. The summed E-state index contributed by atoms with van der Waals surface area (Å²) in [5.41, 5.74) is 3.09. The van der Waals surface area contributed by atoms with E-state index >= 15 is 0 Å². The molecule has 140 valence electrons. The standard InChI is InChI=1S/C18H24N4O2S2/c1-11-6-7-15(12(2)9-11)20-16(23)13(3)25-18-22-21-17(26-18)19-10-14-5-4-8-24-14/h6-7,9,13-14H,4-5,8,10H2,1-3H3,(H,19,21)(H,20,23). The topological polar surface area (TPSA) is 76.1 Å². The van der Waals surface area contributed by atoms with Crippen molar-refractivity contribution >= 4 is 39.8 Å². The first-order chi connectivity index (χ1) is 12.5. The summed E-state index contributed by atoms with van der Waals surface area (Å²) >= 11 is 2.89. The number of aryl methyl sites for hydroxylation is 2. The zero-order chi connectivity index (χ0) is 18.5. The summed E-state index contributed by atoms with van der Waals surface area (Å²) in [6.07, 6.45) is 2.47. The zero-order valence-corrected chi connectivity index (χ0v) is 16.9. The van der Waals surface area contributed by atoms with Crippen LogP contribution in [0.2, 0.25) is 0 Å². The lowest BCUT2D eigenvalue weighted by atomic mass is 10.1. The van der Waals surface area contributed by atoms with Crippen molar-refractivity contribution in [1.29, 1.82) is 0 Å². The van der Waals surface area contributed by atoms with Gasteiger partial charge in [-0.05, 0) is 45.2 Å². The summed E-state index contributed by atoms with van der Waals surface area (Å²) in [4.78, 5) is 12.5. The minimum atomic E-state index is -0.255. The number of thioether (sulfide) groups is 1. The number of aromatic nitrogens is 2. The maximum atomic E-state index is 12.5. The van der Waals surface area contributed by atoms with Gasteiger partial charge in [-0.1, -0.05) is 40.8 Å². The summed E-state index contributed by atoms with van der Waals surface area (Å²) in [6, 6.07) is 6.00. The van der Waals surface area contributed by atoms with Crippen LogP contribution in [0.3, 0.4) is 0 Å². The molecule has 2 unspecified atom stereocenters. The van der Waals surface area contributed by atoms with Gasteiger partial charge < -0.3 is 15.4 Å². The molecular formula is C18H24N4O2S2. The van der Waals surface area contributed by atoms with E-state index in [2.05, 4.69) is 26.9 Å². The van der Waals surface area contributed by atoms with Gasteiger partial charge in [-0.3, -0.25) is 4.79 Å². The fraction of sp³-hybridized carbons (Fsp3) is 0.500. The Morgan fingerprint density at radius 2 is 2.27 bits per heavy atom. The average Bonchev–Trinajstić information content (AvgIpc) is 3.27. The molecule has 26 heavy (non-hydrogen) atoms. The van der Waals surface area contributed by atoms with Gasteiger partial charge >= 0.3 is 0 Å². The van der Waals surface area contributed by atoms with Crippen LogP contribution in [0.25, 0.3) is 0 Å². The number of hydrogen-bond donors (Lipinski definition) is 2. The molecule has 1 fully saturated rings. The molecule has 2 N–H and O–H groups in total. The molecule has 8 heteroatoms. The first kappa shape index (κ1) is 19.1. The molecule has 1 aromatic carbocycles. The Hall–Kier alpha value is -1.64. The summed E-state index contributed by atoms with van der Waals surface area (Å²) < 4.78 is 6.37. The van der Waals surface area contributed by atoms with Gasteiger partial charge in [0.2, 0.25) is 11.0 Å². The minimum Gasteiger partial charge on any atom is -0.376 e. The highest BCUT2D eigenvalue weighted by molar-refractivity contribution is 8.02. The van der Waals surface area contributed by atoms with Gasteiger partial charge in [0.05, 0.1) is 11.4 Å². The van der Waals surface area contributed by atoms with Gasteiger partial charge in [-0.2, -0.15) is 0 Å². The number of amides is 1. The molecular weight excluding hydrogens is 368 g/mol. The average molecular weight is 393 g/mol. The van der Waals surface area contributed by atoms with Crippen LogP contribution < -0.4 is 10.6 Å². The number of carbonyl (C=O) groups is 1. The van der Waals surface area contributed by atoms with E-state index in [1.54, 1.807) is 0 Å². The second-order valence-electron chi connectivity index (χ2n) is 6.46. The number of hydrogen-bond acceptors (Lipinski definition) is 7. The first-order valence-corrected chi connectivity index (χ1v) is 10.4. The maximum absolute atomic E-state index is 12.5. The van der Waals surface area contributed by atoms with Crippen LogP contribution >= 0.6 is 23.1 Å². The number of anilines is 2. The van der Waals surface area contributed by atoms with Crippen LogP contribution in [-0.2, 0) is 9.53 Å². The van der Waals surface area contributed by atoms with Crippen LogP contribution in [-0.4, -0.2) is 40.6 Å². The van der Waals surface area contributed by atoms with E-state index in [0.717, 1.165) is 46.7 Å². The van der Waals surface area contributed by atoms with Crippen LogP contribution in [0.1, 0.15) is 30.9 Å². The van der Waals surface area contributed by atoms with Crippen molar-refractivity contribution in [2.24, 2.45) is 0 Å². The summed E-state index contributed by atoms with van der Waals surface area (Å²) in [5, 5.41) is 15.1. The normalized spacial score (nSPS) is 17.9. The zero-order valence-electron chi connectivity index (χ0n) is 15.2. The largest absolute Gasteiger partial charge is 0.376 e. The summed E-state index contributed by atoms with van der Waals surface area (Å²) in [7, 11) is 0. The molecule has 0 bridgehead atoms. The predicted molar refractivity (Wildman–Crippen MR) is 107 cm³/mol.